The molecular weight excluding hydrogens is 368 g/mol. The monoisotopic (exact) mass is 396 g/mol. The van der Waals surface area contributed by atoms with Gasteiger partial charge in [0.25, 0.3) is 0 Å². The average molecular weight is 396 g/mol. The predicted octanol–water partition coefficient (Wildman–Crippen LogP) is 1.32. The van der Waals surface area contributed by atoms with E-state index >= 15 is 0 Å². The van der Waals surface area contributed by atoms with Crippen LogP contribution in [-0.4, -0.2) is 61.1 Å². The molecule has 2 aromatic rings. The van der Waals surface area contributed by atoms with Gasteiger partial charge in [0.05, 0.1) is 12.0 Å². The second-order valence-electron chi connectivity index (χ2n) is 8.62. The van der Waals surface area contributed by atoms with Crippen molar-refractivity contribution in [3.05, 3.63) is 42.0 Å². The van der Waals surface area contributed by atoms with Crippen molar-refractivity contribution >= 4 is 5.91 Å². The van der Waals surface area contributed by atoms with E-state index in [1.165, 1.54) is 19.2 Å². The first-order valence-corrected chi connectivity index (χ1v) is 10.7. The number of aliphatic hydroxyl groups excluding tert-OH is 1. The zero-order valence-electron chi connectivity index (χ0n) is 16.5. The van der Waals surface area contributed by atoms with E-state index in [0.29, 0.717) is 18.9 Å². The predicted molar refractivity (Wildman–Crippen MR) is 106 cm³/mol. The van der Waals surface area contributed by atoms with Gasteiger partial charge in [0.1, 0.15) is 12.2 Å². The van der Waals surface area contributed by atoms with Crippen LogP contribution >= 0.6 is 0 Å². The molecule has 0 aromatic carbocycles. The third-order valence-electron chi connectivity index (χ3n) is 6.58. The van der Waals surface area contributed by atoms with Crippen LogP contribution in [0.15, 0.2) is 24.9 Å². The summed E-state index contributed by atoms with van der Waals surface area (Å²) in [7, 11) is 0. The van der Waals surface area contributed by atoms with E-state index in [9.17, 15) is 9.90 Å². The number of aromatic amines is 1. The van der Waals surface area contributed by atoms with Crippen molar-refractivity contribution in [1.82, 2.24) is 30.2 Å². The highest BCUT2D eigenvalue weighted by atomic mass is 16.3. The smallest absolute Gasteiger partial charge is 0.228 e. The van der Waals surface area contributed by atoms with Crippen molar-refractivity contribution in [3.63, 3.8) is 0 Å². The maximum Gasteiger partial charge on any atom is 0.228 e. The van der Waals surface area contributed by atoms with E-state index in [4.69, 9.17) is 0 Å². The van der Waals surface area contributed by atoms with E-state index in [1.54, 1.807) is 12.4 Å². The van der Waals surface area contributed by atoms with Crippen LogP contribution < -0.4 is 5.32 Å². The molecule has 154 valence electrons. The van der Waals surface area contributed by atoms with Gasteiger partial charge in [0, 0.05) is 67.4 Å². The van der Waals surface area contributed by atoms with E-state index in [0.717, 1.165) is 43.0 Å². The lowest BCUT2D eigenvalue weighted by Crippen LogP contribution is -2.38. The first kappa shape index (κ1) is 18.7. The standard InChI is InChI=1S/C21H28N6O2/c28-19-15(21(29)27-5-1-2-6-27)7-16(24-10-13-8-22-12-23-9-13)18(19)17-11-25-20(26-17)14-3-4-14/h8-9,11-12,14-16,18-19,24,28H,1-7,10H2,(H,25,26)/t15-,16+,18+,19+/m0/s1. The summed E-state index contributed by atoms with van der Waals surface area (Å²) in [6.45, 7) is 2.22. The number of amides is 1. The Balaban J connectivity index is 1.36. The highest BCUT2D eigenvalue weighted by molar-refractivity contribution is 5.80. The zero-order chi connectivity index (χ0) is 19.8. The lowest BCUT2D eigenvalue weighted by Gasteiger charge is -2.24. The highest BCUT2D eigenvalue weighted by Gasteiger charge is 2.48. The summed E-state index contributed by atoms with van der Waals surface area (Å²) in [5.74, 6) is 1.06. The number of imidazole rings is 1. The molecule has 0 bridgehead atoms. The van der Waals surface area contributed by atoms with Gasteiger partial charge in [-0.2, -0.15) is 0 Å². The SMILES string of the molecule is O=C([C@H]1C[C@@H](NCc2cncnc2)[C@H](c2cnc(C3CC3)[nH]2)[C@@H]1O)N1CCCC1. The van der Waals surface area contributed by atoms with Gasteiger partial charge in [-0.1, -0.05) is 0 Å². The summed E-state index contributed by atoms with van der Waals surface area (Å²) in [4.78, 5) is 31.1. The summed E-state index contributed by atoms with van der Waals surface area (Å²) in [5.41, 5.74) is 1.91. The fourth-order valence-electron chi connectivity index (χ4n) is 4.83. The number of nitrogens with one attached hydrogen (secondary N) is 2. The molecule has 1 saturated heterocycles. The lowest BCUT2D eigenvalue weighted by molar-refractivity contribution is -0.137. The van der Waals surface area contributed by atoms with Gasteiger partial charge in [-0.25, -0.2) is 15.0 Å². The van der Waals surface area contributed by atoms with Crippen molar-refractivity contribution in [2.75, 3.05) is 13.1 Å². The van der Waals surface area contributed by atoms with Crippen LogP contribution in [0.3, 0.4) is 0 Å². The molecule has 8 nitrogen and oxygen atoms in total. The number of carbonyl (C=O) groups excluding carboxylic acids is 1. The summed E-state index contributed by atoms with van der Waals surface area (Å²) >= 11 is 0. The average Bonchev–Trinajstić information content (AvgIpc) is 3.14. The maximum atomic E-state index is 13.1. The molecule has 3 aliphatic rings. The van der Waals surface area contributed by atoms with Gasteiger partial charge in [0.2, 0.25) is 5.91 Å². The van der Waals surface area contributed by atoms with Crippen molar-refractivity contribution in [3.8, 4) is 0 Å². The van der Waals surface area contributed by atoms with Crippen LogP contribution in [-0.2, 0) is 11.3 Å². The molecule has 1 aliphatic heterocycles. The van der Waals surface area contributed by atoms with Crippen LogP contribution in [0.25, 0.3) is 0 Å². The van der Waals surface area contributed by atoms with Gasteiger partial charge in [0.15, 0.2) is 0 Å². The Morgan fingerprint density at radius 1 is 1.21 bits per heavy atom. The largest absolute Gasteiger partial charge is 0.392 e. The number of hydrogen-bond donors (Lipinski definition) is 3. The summed E-state index contributed by atoms with van der Waals surface area (Å²) in [5, 5.41) is 14.8. The van der Waals surface area contributed by atoms with Gasteiger partial charge >= 0.3 is 0 Å². The highest BCUT2D eigenvalue weighted by Crippen LogP contribution is 2.42. The number of likely N-dealkylation sites (tertiary alicyclic amines) is 1. The maximum absolute atomic E-state index is 13.1. The first-order chi connectivity index (χ1) is 14.2. The van der Waals surface area contributed by atoms with E-state index in [2.05, 4.69) is 25.3 Å². The molecule has 8 heteroatoms. The Kier molecular flexibility index (Phi) is 5.05. The van der Waals surface area contributed by atoms with Crippen molar-refractivity contribution < 1.29 is 9.90 Å². The van der Waals surface area contributed by atoms with E-state index < -0.39 is 6.10 Å². The van der Waals surface area contributed by atoms with Crippen LogP contribution in [0, 0.1) is 5.92 Å². The minimum Gasteiger partial charge on any atom is -0.392 e. The number of H-pyrrole nitrogens is 1. The molecule has 3 heterocycles. The molecule has 1 amide bonds. The second-order valence-corrected chi connectivity index (χ2v) is 8.62. The normalized spacial score (nSPS) is 29.5. The molecule has 2 aromatic heterocycles. The Labute approximate surface area is 170 Å². The number of hydrogen-bond acceptors (Lipinski definition) is 6. The molecule has 2 aliphatic carbocycles. The quantitative estimate of drug-likeness (QED) is 0.680. The Bertz CT molecular complexity index is 846. The van der Waals surface area contributed by atoms with E-state index in [-0.39, 0.29) is 23.8 Å². The Morgan fingerprint density at radius 3 is 2.69 bits per heavy atom. The van der Waals surface area contributed by atoms with Crippen LogP contribution in [0.4, 0.5) is 0 Å². The molecule has 3 fully saturated rings. The zero-order valence-corrected chi connectivity index (χ0v) is 16.5. The van der Waals surface area contributed by atoms with Crippen LogP contribution in [0.2, 0.25) is 0 Å². The number of aromatic nitrogens is 4. The molecule has 0 radical (unpaired) electrons. The molecular formula is C21H28N6O2. The molecule has 0 unspecified atom stereocenters. The minimum atomic E-state index is -0.722. The van der Waals surface area contributed by atoms with Crippen molar-refractivity contribution in [2.45, 2.75) is 62.6 Å². The molecule has 3 N–H and O–H groups in total. The first-order valence-electron chi connectivity index (χ1n) is 10.7. The van der Waals surface area contributed by atoms with Crippen molar-refractivity contribution in [1.29, 1.82) is 0 Å². The molecule has 29 heavy (non-hydrogen) atoms. The number of rotatable bonds is 6. The second kappa shape index (κ2) is 7.84. The number of carbonyl (C=O) groups is 1. The topological polar surface area (TPSA) is 107 Å². The van der Waals surface area contributed by atoms with E-state index in [1.807, 2.05) is 11.1 Å². The fourth-order valence-corrected chi connectivity index (χ4v) is 4.83. The molecule has 0 spiro atoms. The summed E-state index contributed by atoms with van der Waals surface area (Å²) < 4.78 is 0. The molecule has 4 atom stereocenters. The summed E-state index contributed by atoms with van der Waals surface area (Å²) in [6, 6.07) is -0.0192. The minimum absolute atomic E-state index is 0.0192. The summed E-state index contributed by atoms with van der Waals surface area (Å²) in [6.07, 6.45) is 11.3. The molecule has 2 saturated carbocycles. The fraction of sp³-hybridized carbons (Fsp3) is 0.619. The Morgan fingerprint density at radius 2 is 1.97 bits per heavy atom. The van der Waals surface area contributed by atoms with Crippen molar-refractivity contribution in [2.24, 2.45) is 5.92 Å². The van der Waals surface area contributed by atoms with Crippen LogP contribution in [0.1, 0.15) is 61.0 Å². The third kappa shape index (κ3) is 3.79. The third-order valence-corrected chi connectivity index (χ3v) is 6.58. The van der Waals surface area contributed by atoms with Gasteiger partial charge < -0.3 is 20.3 Å². The van der Waals surface area contributed by atoms with Gasteiger partial charge in [-0.15, -0.1) is 0 Å². The Hall–Kier alpha value is -2.32. The molecule has 5 rings (SSSR count). The number of nitrogens with zero attached hydrogens (tertiary/aromatic N) is 4. The number of aliphatic hydroxyl groups is 1. The lowest BCUT2D eigenvalue weighted by atomic mass is 9.95. The van der Waals surface area contributed by atoms with Gasteiger partial charge in [-0.05, 0) is 32.1 Å². The van der Waals surface area contributed by atoms with Crippen LogP contribution in [0.5, 0.6) is 0 Å². The van der Waals surface area contributed by atoms with Gasteiger partial charge in [-0.3, -0.25) is 4.79 Å².